The van der Waals surface area contributed by atoms with E-state index in [9.17, 15) is 5.11 Å². The topological polar surface area (TPSA) is 49.0 Å². The molecule has 0 aliphatic carbocycles. The average Bonchev–Trinajstić information content (AvgIpc) is 3.22. The number of allylic oxidation sites excluding steroid dienone is 3. The quantitative estimate of drug-likeness (QED) is 0.186. The maximum absolute atomic E-state index is 11.5. The van der Waals surface area contributed by atoms with Crippen LogP contribution < -0.4 is 0 Å². The first-order valence-electron chi connectivity index (χ1n) is 12.2. The summed E-state index contributed by atoms with van der Waals surface area (Å²) in [4.78, 5) is 0. The minimum Gasteiger partial charge on any atom is -0.505 e. The summed E-state index contributed by atoms with van der Waals surface area (Å²) in [5.41, 5.74) is 12.8. The Morgan fingerprint density at radius 1 is 0.833 bits per heavy atom. The van der Waals surface area contributed by atoms with Gasteiger partial charge in [-0.1, -0.05) is 35.8 Å². The molecule has 3 nitrogen and oxygen atoms in total. The number of rotatable bonds is 4. The van der Waals surface area contributed by atoms with Gasteiger partial charge in [-0.15, -0.1) is 0 Å². The SMILES string of the molecule is [B]C(=C\C)/C(C)=C(/O)c1c(C)c2c(C)c(C)c(C)c(C)c2n1-c1ccc(-c2ccc(C#N)cc2)cc1. The number of nitriles is 1. The van der Waals surface area contributed by atoms with Crippen molar-refractivity contribution >= 4 is 24.5 Å². The third kappa shape index (κ3) is 3.95. The van der Waals surface area contributed by atoms with Crippen molar-refractivity contribution in [2.45, 2.75) is 48.5 Å². The van der Waals surface area contributed by atoms with E-state index in [2.05, 4.69) is 69.5 Å². The Morgan fingerprint density at radius 3 is 1.89 bits per heavy atom. The zero-order valence-electron chi connectivity index (χ0n) is 22.1. The molecule has 4 heteroatoms. The Hall–Kier alpha value is -3.97. The van der Waals surface area contributed by atoms with Crippen molar-refractivity contribution in [3.05, 3.63) is 105 Å². The van der Waals surface area contributed by atoms with Crippen molar-refractivity contribution < 1.29 is 5.11 Å². The number of fused-ring (bicyclic) bond motifs is 1. The molecule has 0 saturated heterocycles. The maximum Gasteiger partial charge on any atom is 0.142 e. The van der Waals surface area contributed by atoms with Crippen LogP contribution in [0, 0.1) is 45.9 Å². The molecule has 0 saturated carbocycles. The van der Waals surface area contributed by atoms with Crippen molar-refractivity contribution in [1.29, 1.82) is 5.26 Å². The Bertz CT molecular complexity index is 1590. The van der Waals surface area contributed by atoms with Gasteiger partial charge in [-0.05, 0) is 117 Å². The number of aliphatic hydroxyl groups is 1. The van der Waals surface area contributed by atoms with Crippen molar-refractivity contribution in [1.82, 2.24) is 4.57 Å². The lowest BCUT2D eigenvalue weighted by atomic mass is 9.87. The van der Waals surface area contributed by atoms with Gasteiger partial charge < -0.3 is 9.67 Å². The highest BCUT2D eigenvalue weighted by Crippen LogP contribution is 2.40. The van der Waals surface area contributed by atoms with Crippen molar-refractivity contribution in [3.8, 4) is 22.9 Å². The average molecular weight is 470 g/mol. The van der Waals surface area contributed by atoms with Gasteiger partial charge in [0.2, 0.25) is 0 Å². The van der Waals surface area contributed by atoms with Crippen LogP contribution in [0.3, 0.4) is 0 Å². The molecular formula is C32H31BN2O. The van der Waals surface area contributed by atoms with Gasteiger partial charge in [-0.3, -0.25) is 0 Å². The monoisotopic (exact) mass is 470 g/mol. The number of hydrogen-bond donors (Lipinski definition) is 1. The second-order valence-corrected chi connectivity index (χ2v) is 9.49. The van der Waals surface area contributed by atoms with Gasteiger partial charge in [-0.2, -0.15) is 5.26 Å². The molecule has 4 aromatic rings. The summed E-state index contributed by atoms with van der Waals surface area (Å²) in [6.45, 7) is 14.5. The first-order valence-corrected chi connectivity index (χ1v) is 12.2. The summed E-state index contributed by atoms with van der Waals surface area (Å²) < 4.78 is 2.17. The third-order valence-electron chi connectivity index (χ3n) is 7.63. The lowest BCUT2D eigenvalue weighted by molar-refractivity contribution is 0.502. The fourth-order valence-electron chi connectivity index (χ4n) is 5.04. The fraction of sp³-hybridized carbons (Fsp3) is 0.219. The molecule has 1 N–H and O–H groups in total. The predicted octanol–water partition coefficient (Wildman–Crippen LogP) is 8.07. The smallest absolute Gasteiger partial charge is 0.142 e. The number of aliphatic hydroxyl groups excluding tert-OH is 1. The molecule has 1 aromatic heterocycles. The molecular weight excluding hydrogens is 439 g/mol. The molecule has 0 unspecified atom stereocenters. The molecule has 0 amide bonds. The van der Waals surface area contributed by atoms with Crippen LogP contribution >= 0.6 is 0 Å². The molecule has 0 bridgehead atoms. The highest BCUT2D eigenvalue weighted by molar-refractivity contribution is 6.25. The van der Waals surface area contributed by atoms with Crippen LogP contribution in [0.4, 0.5) is 0 Å². The van der Waals surface area contributed by atoms with Gasteiger partial charge in [-0.25, -0.2) is 0 Å². The second-order valence-electron chi connectivity index (χ2n) is 9.49. The molecule has 0 fully saturated rings. The normalized spacial score (nSPS) is 12.6. The van der Waals surface area contributed by atoms with Gasteiger partial charge in [0, 0.05) is 11.1 Å². The van der Waals surface area contributed by atoms with E-state index >= 15 is 0 Å². The molecule has 178 valence electrons. The standard InChI is InChI=1S/C32H31BN2O/c1-8-28(33)22(6)32(36)31-23(7)29-20(4)18(2)19(3)21(5)30(29)35(31)27-15-13-26(14-16-27)25-11-9-24(17-34)10-12-25/h8-16,36H,1-7H3/b28-8-,32-22+. The molecule has 2 radical (unpaired) electrons. The van der Waals surface area contributed by atoms with Crippen LogP contribution in [-0.2, 0) is 0 Å². The van der Waals surface area contributed by atoms with E-state index in [4.69, 9.17) is 13.1 Å². The largest absolute Gasteiger partial charge is 0.505 e. The highest BCUT2D eigenvalue weighted by atomic mass is 16.3. The highest BCUT2D eigenvalue weighted by Gasteiger charge is 2.24. The molecule has 0 spiro atoms. The molecule has 3 aromatic carbocycles. The van der Waals surface area contributed by atoms with Crippen LogP contribution in [0.5, 0.6) is 0 Å². The number of aryl methyl sites for hydroxylation is 3. The second kappa shape index (κ2) is 9.59. The minimum atomic E-state index is 0.185. The van der Waals surface area contributed by atoms with Crippen LogP contribution in [0.1, 0.15) is 52.9 Å². The van der Waals surface area contributed by atoms with E-state index in [1.165, 1.54) is 27.6 Å². The Kier molecular flexibility index (Phi) is 6.70. The van der Waals surface area contributed by atoms with E-state index in [1.54, 1.807) is 0 Å². The van der Waals surface area contributed by atoms with Gasteiger partial charge in [0.15, 0.2) is 0 Å². The Labute approximate surface area is 215 Å². The van der Waals surface area contributed by atoms with Crippen molar-refractivity contribution in [2.75, 3.05) is 0 Å². The zero-order chi connectivity index (χ0) is 26.3. The molecule has 1 heterocycles. The Morgan fingerprint density at radius 2 is 1.36 bits per heavy atom. The van der Waals surface area contributed by atoms with Gasteiger partial charge in [0.05, 0.1) is 22.8 Å². The van der Waals surface area contributed by atoms with E-state index in [0.717, 1.165) is 33.6 Å². The number of hydrogen-bond acceptors (Lipinski definition) is 2. The molecule has 0 aliphatic heterocycles. The first-order chi connectivity index (χ1) is 17.1. The molecule has 0 aliphatic rings. The lowest BCUT2D eigenvalue weighted by Gasteiger charge is -2.17. The minimum absolute atomic E-state index is 0.185. The maximum atomic E-state index is 11.5. The van der Waals surface area contributed by atoms with Gasteiger partial charge in [0.1, 0.15) is 13.6 Å². The predicted molar refractivity (Wildman–Crippen MR) is 152 cm³/mol. The van der Waals surface area contributed by atoms with Crippen molar-refractivity contribution in [3.63, 3.8) is 0 Å². The van der Waals surface area contributed by atoms with E-state index in [-0.39, 0.29) is 5.76 Å². The molecule has 0 atom stereocenters. The Balaban J connectivity index is 2.04. The number of aromatic nitrogens is 1. The summed E-state index contributed by atoms with van der Waals surface area (Å²) >= 11 is 0. The fourth-order valence-corrected chi connectivity index (χ4v) is 5.04. The summed E-state index contributed by atoms with van der Waals surface area (Å²) in [6.07, 6.45) is 1.81. The summed E-state index contributed by atoms with van der Waals surface area (Å²) in [6, 6.07) is 18.1. The molecule has 4 rings (SSSR count). The third-order valence-corrected chi connectivity index (χ3v) is 7.63. The number of nitrogens with zero attached hydrogens (tertiary/aromatic N) is 2. The molecule has 36 heavy (non-hydrogen) atoms. The van der Waals surface area contributed by atoms with Gasteiger partial charge in [0.25, 0.3) is 0 Å². The van der Waals surface area contributed by atoms with E-state index < -0.39 is 0 Å². The van der Waals surface area contributed by atoms with Crippen LogP contribution in [0.15, 0.2) is 65.7 Å². The van der Waals surface area contributed by atoms with Gasteiger partial charge >= 0.3 is 0 Å². The first kappa shape index (κ1) is 25.1. The number of benzene rings is 3. The van der Waals surface area contributed by atoms with Crippen molar-refractivity contribution in [2.24, 2.45) is 0 Å². The van der Waals surface area contributed by atoms with Crippen LogP contribution in [0.25, 0.3) is 33.5 Å². The zero-order valence-corrected chi connectivity index (χ0v) is 22.1. The summed E-state index contributed by atoms with van der Waals surface area (Å²) in [5.74, 6) is 0.185. The lowest BCUT2D eigenvalue weighted by Crippen LogP contribution is -2.04. The van der Waals surface area contributed by atoms with E-state index in [0.29, 0.717) is 16.6 Å². The summed E-state index contributed by atoms with van der Waals surface area (Å²) in [5, 5.41) is 21.8. The van der Waals surface area contributed by atoms with E-state index in [1.807, 2.05) is 44.2 Å². The van der Waals surface area contributed by atoms with Crippen LogP contribution in [0.2, 0.25) is 0 Å². The van der Waals surface area contributed by atoms with Crippen LogP contribution in [-0.4, -0.2) is 17.5 Å². The summed E-state index contributed by atoms with van der Waals surface area (Å²) in [7, 11) is 6.21.